The Labute approximate surface area is 152 Å². The molecule has 0 bridgehead atoms. The minimum Gasteiger partial charge on any atom is -0.341 e. The van der Waals surface area contributed by atoms with Crippen LogP contribution < -0.4 is 5.32 Å². The van der Waals surface area contributed by atoms with Crippen LogP contribution in [0, 0.1) is 17.0 Å². The fourth-order valence-electron chi connectivity index (χ4n) is 2.41. The van der Waals surface area contributed by atoms with Gasteiger partial charge in [0.2, 0.25) is 5.91 Å². The number of imidazole rings is 1. The molecule has 0 saturated carbocycles. The molecule has 0 aliphatic rings. The van der Waals surface area contributed by atoms with Gasteiger partial charge in [-0.3, -0.25) is 14.9 Å². The van der Waals surface area contributed by atoms with Crippen molar-refractivity contribution >= 4 is 40.2 Å². The number of nitro benzene ring substituents is 1. The van der Waals surface area contributed by atoms with Gasteiger partial charge in [-0.1, -0.05) is 24.8 Å². The molecule has 2 heterocycles. The number of benzene rings is 1. The Balaban J connectivity index is 1.83. The summed E-state index contributed by atoms with van der Waals surface area (Å²) in [6.45, 7) is 3.68. The standard InChI is InChI=1S/C16H16N6O3S/c1-3-12(26-16-13-14(18-7-17-13)19-8-20-16)15(23)21-10-6-9(2)4-5-11(10)22(24)25/h4-8,12H,3H2,1-2H3,(H,21,23)(H,17,18,19,20)/t12-/m0/s1. The van der Waals surface area contributed by atoms with Crippen LogP contribution in [0.5, 0.6) is 0 Å². The van der Waals surface area contributed by atoms with Gasteiger partial charge in [0.05, 0.1) is 16.5 Å². The zero-order chi connectivity index (χ0) is 18.7. The number of hydrogen-bond acceptors (Lipinski definition) is 7. The summed E-state index contributed by atoms with van der Waals surface area (Å²) in [7, 11) is 0. The molecule has 0 unspecified atom stereocenters. The van der Waals surface area contributed by atoms with E-state index in [1.54, 1.807) is 19.1 Å². The predicted octanol–water partition coefficient (Wildman–Crippen LogP) is 3.08. The Bertz CT molecular complexity index is 974. The minimum atomic E-state index is -0.512. The molecule has 134 valence electrons. The normalized spacial score (nSPS) is 12.1. The average molecular weight is 372 g/mol. The molecule has 0 radical (unpaired) electrons. The van der Waals surface area contributed by atoms with Crippen LogP contribution in [0.1, 0.15) is 18.9 Å². The molecule has 9 nitrogen and oxygen atoms in total. The Morgan fingerprint density at radius 3 is 2.92 bits per heavy atom. The maximum absolute atomic E-state index is 12.7. The van der Waals surface area contributed by atoms with Crippen LogP contribution >= 0.6 is 11.8 Å². The SMILES string of the molecule is CC[C@H](Sc1ncnc2nc[nH]c12)C(=O)Nc1cc(C)ccc1[N+](=O)[O-]. The van der Waals surface area contributed by atoms with Gasteiger partial charge in [0.1, 0.15) is 22.6 Å². The van der Waals surface area contributed by atoms with Crippen molar-refractivity contribution in [3.63, 3.8) is 0 Å². The van der Waals surface area contributed by atoms with Crippen LogP contribution in [0.3, 0.4) is 0 Å². The third-order valence-electron chi connectivity index (χ3n) is 3.71. The van der Waals surface area contributed by atoms with Gasteiger partial charge in [0, 0.05) is 6.07 Å². The fourth-order valence-corrected chi connectivity index (χ4v) is 3.39. The van der Waals surface area contributed by atoms with E-state index >= 15 is 0 Å². The molecule has 2 aromatic heterocycles. The van der Waals surface area contributed by atoms with Gasteiger partial charge in [0.15, 0.2) is 5.65 Å². The molecule has 0 aliphatic heterocycles. The van der Waals surface area contributed by atoms with Gasteiger partial charge in [-0.2, -0.15) is 0 Å². The number of carbonyl (C=O) groups is 1. The van der Waals surface area contributed by atoms with Crippen molar-refractivity contribution in [2.75, 3.05) is 5.32 Å². The number of aromatic amines is 1. The maximum Gasteiger partial charge on any atom is 0.292 e. The highest BCUT2D eigenvalue weighted by Gasteiger charge is 2.23. The quantitative estimate of drug-likeness (QED) is 0.294. The first-order valence-corrected chi connectivity index (χ1v) is 8.74. The van der Waals surface area contributed by atoms with E-state index in [9.17, 15) is 14.9 Å². The van der Waals surface area contributed by atoms with Gasteiger partial charge in [-0.15, -0.1) is 0 Å². The minimum absolute atomic E-state index is 0.137. The van der Waals surface area contributed by atoms with Crippen LogP contribution in [0.25, 0.3) is 11.2 Å². The molecule has 2 N–H and O–H groups in total. The van der Waals surface area contributed by atoms with E-state index in [-0.39, 0.29) is 17.3 Å². The van der Waals surface area contributed by atoms with E-state index in [4.69, 9.17) is 0 Å². The van der Waals surface area contributed by atoms with E-state index in [0.717, 1.165) is 5.56 Å². The van der Waals surface area contributed by atoms with E-state index in [0.29, 0.717) is 22.6 Å². The largest absolute Gasteiger partial charge is 0.341 e. The second-order valence-corrected chi connectivity index (χ2v) is 6.75. The zero-order valence-electron chi connectivity index (χ0n) is 14.1. The summed E-state index contributed by atoms with van der Waals surface area (Å²) in [6, 6.07) is 4.61. The summed E-state index contributed by atoms with van der Waals surface area (Å²) in [5, 5.41) is 14.0. The molecule has 3 aromatic rings. The van der Waals surface area contributed by atoms with Crippen LogP contribution in [0.15, 0.2) is 35.9 Å². The van der Waals surface area contributed by atoms with Crippen molar-refractivity contribution in [1.29, 1.82) is 0 Å². The molecule has 10 heteroatoms. The van der Waals surface area contributed by atoms with Crippen molar-refractivity contribution in [3.8, 4) is 0 Å². The first-order valence-electron chi connectivity index (χ1n) is 7.86. The van der Waals surface area contributed by atoms with E-state index < -0.39 is 10.2 Å². The number of hydrogen-bond donors (Lipinski definition) is 2. The summed E-state index contributed by atoms with van der Waals surface area (Å²) in [4.78, 5) is 38.6. The number of aromatic nitrogens is 4. The number of H-pyrrole nitrogens is 1. The Kier molecular flexibility index (Phi) is 5.12. The van der Waals surface area contributed by atoms with Crippen molar-refractivity contribution in [2.24, 2.45) is 0 Å². The van der Waals surface area contributed by atoms with Crippen LogP contribution in [0.2, 0.25) is 0 Å². The van der Waals surface area contributed by atoms with Crippen LogP contribution in [-0.2, 0) is 4.79 Å². The highest BCUT2D eigenvalue weighted by atomic mass is 32.2. The molecule has 3 rings (SSSR count). The molecule has 1 aromatic carbocycles. The Morgan fingerprint density at radius 1 is 1.38 bits per heavy atom. The number of nitrogens with one attached hydrogen (secondary N) is 2. The predicted molar refractivity (Wildman–Crippen MR) is 98.1 cm³/mol. The summed E-state index contributed by atoms with van der Waals surface area (Å²) >= 11 is 1.26. The monoisotopic (exact) mass is 372 g/mol. The average Bonchev–Trinajstić information content (AvgIpc) is 3.08. The van der Waals surface area contributed by atoms with Gasteiger partial charge in [-0.05, 0) is 25.0 Å². The second kappa shape index (κ2) is 7.48. The number of thioether (sulfide) groups is 1. The highest BCUT2D eigenvalue weighted by molar-refractivity contribution is 8.00. The van der Waals surface area contributed by atoms with Gasteiger partial charge in [0.25, 0.3) is 5.69 Å². The number of fused-ring (bicyclic) bond motifs is 1. The van der Waals surface area contributed by atoms with Crippen molar-refractivity contribution < 1.29 is 9.72 Å². The van der Waals surface area contributed by atoms with Crippen molar-refractivity contribution in [1.82, 2.24) is 19.9 Å². The van der Waals surface area contributed by atoms with E-state index in [1.807, 2.05) is 6.92 Å². The van der Waals surface area contributed by atoms with Gasteiger partial charge >= 0.3 is 0 Å². The first kappa shape index (κ1) is 17.8. The van der Waals surface area contributed by atoms with Crippen molar-refractivity contribution in [2.45, 2.75) is 30.5 Å². The molecule has 1 amide bonds. The fraction of sp³-hybridized carbons (Fsp3) is 0.250. The molecule has 0 saturated heterocycles. The molecule has 0 spiro atoms. The summed E-state index contributed by atoms with van der Waals surface area (Å²) < 4.78 is 0. The number of rotatable bonds is 6. The lowest BCUT2D eigenvalue weighted by Gasteiger charge is -2.14. The number of carbonyl (C=O) groups excluding carboxylic acids is 1. The summed E-state index contributed by atoms with van der Waals surface area (Å²) in [5.74, 6) is -0.322. The lowest BCUT2D eigenvalue weighted by Crippen LogP contribution is -2.25. The Morgan fingerprint density at radius 2 is 2.19 bits per heavy atom. The molecule has 0 aliphatic carbocycles. The number of aryl methyl sites for hydroxylation is 1. The smallest absolute Gasteiger partial charge is 0.292 e. The van der Waals surface area contributed by atoms with Crippen molar-refractivity contribution in [3.05, 3.63) is 46.5 Å². The highest BCUT2D eigenvalue weighted by Crippen LogP contribution is 2.30. The molecule has 0 fully saturated rings. The second-order valence-electron chi connectivity index (χ2n) is 5.56. The molecule has 26 heavy (non-hydrogen) atoms. The van der Waals surface area contributed by atoms with E-state index in [2.05, 4.69) is 25.3 Å². The molecular formula is C16H16N6O3S. The third-order valence-corrected chi connectivity index (χ3v) is 5.08. The first-order chi connectivity index (χ1) is 12.5. The Hall–Kier alpha value is -3.01. The third kappa shape index (κ3) is 3.64. The number of nitro groups is 1. The van der Waals surface area contributed by atoms with Gasteiger partial charge in [-0.25, -0.2) is 15.0 Å². The summed E-state index contributed by atoms with van der Waals surface area (Å²) in [6.07, 6.45) is 3.43. The number of anilines is 1. The lowest BCUT2D eigenvalue weighted by molar-refractivity contribution is -0.383. The number of nitrogens with zero attached hydrogens (tertiary/aromatic N) is 4. The molecule has 1 atom stereocenters. The van der Waals surface area contributed by atoms with Crippen LogP contribution in [-0.4, -0.2) is 36.0 Å². The van der Waals surface area contributed by atoms with E-state index in [1.165, 1.54) is 30.5 Å². The van der Waals surface area contributed by atoms with Crippen LogP contribution in [0.4, 0.5) is 11.4 Å². The van der Waals surface area contributed by atoms with Gasteiger partial charge < -0.3 is 10.3 Å². The topological polar surface area (TPSA) is 127 Å². The number of amides is 1. The summed E-state index contributed by atoms with van der Waals surface area (Å²) in [5.41, 5.74) is 2.05. The molecular weight excluding hydrogens is 356 g/mol. The maximum atomic E-state index is 12.7. The zero-order valence-corrected chi connectivity index (χ0v) is 14.9. The lowest BCUT2D eigenvalue weighted by atomic mass is 10.2.